The highest BCUT2D eigenvalue weighted by Crippen LogP contribution is 2.20. The summed E-state index contributed by atoms with van der Waals surface area (Å²) in [6.45, 7) is 8.85. The minimum Gasteiger partial charge on any atom is -0.494 e. The lowest BCUT2D eigenvalue weighted by Gasteiger charge is -2.37. The van der Waals surface area contributed by atoms with Crippen molar-refractivity contribution in [1.82, 2.24) is 15.1 Å². The number of benzene rings is 1. The third-order valence-corrected chi connectivity index (χ3v) is 5.47. The van der Waals surface area contributed by atoms with Gasteiger partial charge >= 0.3 is 0 Å². The number of piperazine rings is 1. The topological polar surface area (TPSA) is 73.9 Å². The van der Waals surface area contributed by atoms with Crippen LogP contribution in [0.3, 0.4) is 0 Å². The Morgan fingerprint density at radius 3 is 2.54 bits per heavy atom. The molecule has 2 atom stereocenters. The van der Waals surface area contributed by atoms with E-state index in [2.05, 4.69) is 22.5 Å². The zero-order chi connectivity index (χ0) is 19.9. The summed E-state index contributed by atoms with van der Waals surface area (Å²) in [6, 6.07) is 7.81. The van der Waals surface area contributed by atoms with E-state index in [4.69, 9.17) is 4.74 Å². The van der Waals surface area contributed by atoms with Gasteiger partial charge in [-0.1, -0.05) is 0 Å². The summed E-state index contributed by atoms with van der Waals surface area (Å²) in [6.07, 6.45) is 1.84. The molecule has 0 spiro atoms. The number of carbonyl (C=O) groups excluding carboxylic acids is 2. The third-order valence-electron chi connectivity index (χ3n) is 5.47. The number of nitrogens with one attached hydrogen (secondary N) is 2. The average Bonchev–Trinajstić information content (AvgIpc) is 2.70. The lowest BCUT2D eigenvalue weighted by Crippen LogP contribution is -2.53. The second-order valence-electron chi connectivity index (χ2n) is 7.68. The molecule has 3 rings (SSSR count). The fourth-order valence-electron chi connectivity index (χ4n) is 3.95. The molecular formula is C21H32N4O3. The Kier molecular flexibility index (Phi) is 7.28. The molecular weight excluding hydrogens is 356 g/mol. The number of hydrogen-bond acceptors (Lipinski definition) is 5. The quantitative estimate of drug-likeness (QED) is 0.774. The fourth-order valence-corrected chi connectivity index (χ4v) is 3.95. The first-order chi connectivity index (χ1) is 13.5. The fraction of sp³-hybridized carbons (Fsp3) is 0.619. The molecule has 28 heavy (non-hydrogen) atoms. The molecule has 2 aliphatic heterocycles. The highest BCUT2D eigenvalue weighted by Gasteiger charge is 2.30. The number of nitrogens with zero attached hydrogens (tertiary/aromatic N) is 2. The zero-order valence-corrected chi connectivity index (χ0v) is 16.9. The summed E-state index contributed by atoms with van der Waals surface area (Å²) in [5.74, 6) is 1.19. The monoisotopic (exact) mass is 388 g/mol. The molecule has 2 fully saturated rings. The van der Waals surface area contributed by atoms with Crippen molar-refractivity contribution in [3.8, 4) is 5.75 Å². The number of amides is 2. The van der Waals surface area contributed by atoms with Gasteiger partial charge in [-0.05, 0) is 57.5 Å². The molecule has 0 bridgehead atoms. The highest BCUT2D eigenvalue weighted by molar-refractivity contribution is 5.92. The molecule has 0 saturated carbocycles. The minimum atomic E-state index is -0.0314. The van der Waals surface area contributed by atoms with E-state index in [-0.39, 0.29) is 17.7 Å². The summed E-state index contributed by atoms with van der Waals surface area (Å²) in [5, 5.41) is 6.32. The summed E-state index contributed by atoms with van der Waals surface area (Å²) >= 11 is 0. The van der Waals surface area contributed by atoms with E-state index < -0.39 is 0 Å². The van der Waals surface area contributed by atoms with Crippen LogP contribution in [0.4, 0.5) is 5.69 Å². The van der Waals surface area contributed by atoms with E-state index in [1.54, 1.807) is 0 Å². The Balaban J connectivity index is 1.41. The third kappa shape index (κ3) is 5.69. The van der Waals surface area contributed by atoms with Gasteiger partial charge in [0.05, 0.1) is 13.2 Å². The maximum Gasteiger partial charge on any atom is 0.238 e. The van der Waals surface area contributed by atoms with Gasteiger partial charge in [0.15, 0.2) is 0 Å². The number of carbonyl (C=O) groups is 2. The first kappa shape index (κ1) is 20.6. The number of hydrogen-bond donors (Lipinski definition) is 2. The Hall–Kier alpha value is -2.12. The van der Waals surface area contributed by atoms with Crippen LogP contribution in [0.1, 0.15) is 26.7 Å². The largest absolute Gasteiger partial charge is 0.494 e. The minimum absolute atomic E-state index is 0.0314. The molecule has 2 heterocycles. The Morgan fingerprint density at radius 2 is 1.89 bits per heavy atom. The molecule has 0 aliphatic carbocycles. The summed E-state index contributed by atoms with van der Waals surface area (Å²) in [7, 11) is 0. The molecule has 1 aromatic rings. The van der Waals surface area contributed by atoms with E-state index in [9.17, 15) is 9.59 Å². The van der Waals surface area contributed by atoms with Gasteiger partial charge in [-0.2, -0.15) is 0 Å². The maximum absolute atomic E-state index is 12.7. The predicted molar refractivity (Wildman–Crippen MR) is 109 cm³/mol. The highest BCUT2D eigenvalue weighted by atomic mass is 16.5. The Bertz CT molecular complexity index is 656. The smallest absolute Gasteiger partial charge is 0.238 e. The van der Waals surface area contributed by atoms with Crippen molar-refractivity contribution in [2.24, 2.45) is 5.92 Å². The van der Waals surface area contributed by atoms with Crippen LogP contribution in [0, 0.1) is 5.92 Å². The van der Waals surface area contributed by atoms with E-state index in [1.165, 1.54) is 0 Å². The van der Waals surface area contributed by atoms with Crippen molar-refractivity contribution in [2.45, 2.75) is 32.7 Å². The van der Waals surface area contributed by atoms with E-state index >= 15 is 0 Å². The van der Waals surface area contributed by atoms with E-state index in [0.717, 1.165) is 43.9 Å². The van der Waals surface area contributed by atoms with Gasteiger partial charge in [0, 0.05) is 43.8 Å². The van der Waals surface area contributed by atoms with E-state index in [1.807, 2.05) is 36.1 Å². The van der Waals surface area contributed by atoms with Gasteiger partial charge in [-0.25, -0.2) is 0 Å². The summed E-state index contributed by atoms with van der Waals surface area (Å²) in [4.78, 5) is 29.1. The van der Waals surface area contributed by atoms with Crippen LogP contribution in [0.5, 0.6) is 5.75 Å². The second-order valence-corrected chi connectivity index (χ2v) is 7.68. The van der Waals surface area contributed by atoms with Gasteiger partial charge in [-0.3, -0.25) is 14.5 Å². The standard InChI is InChI=1S/C21H32N4O3/c1-3-28-19-6-4-18(5-7-19)23-20(26)15-24-10-12-25(13-11-24)21(27)17-8-9-22-16(2)14-17/h4-7,16-17,22H,3,8-15H2,1-2H3,(H,23,26)/t16-,17-/m0/s1. The Labute approximate surface area is 167 Å². The van der Waals surface area contributed by atoms with Crippen molar-refractivity contribution >= 4 is 17.5 Å². The molecule has 7 heteroatoms. The molecule has 0 aromatic heterocycles. The van der Waals surface area contributed by atoms with Gasteiger partial charge in [0.1, 0.15) is 5.75 Å². The maximum atomic E-state index is 12.7. The molecule has 1 aromatic carbocycles. The number of piperidine rings is 1. The predicted octanol–water partition coefficient (Wildman–Crippen LogP) is 1.56. The van der Waals surface area contributed by atoms with Crippen molar-refractivity contribution in [1.29, 1.82) is 0 Å². The summed E-state index contributed by atoms with van der Waals surface area (Å²) < 4.78 is 5.41. The molecule has 2 N–H and O–H groups in total. The van der Waals surface area contributed by atoms with Crippen LogP contribution in [-0.2, 0) is 9.59 Å². The zero-order valence-electron chi connectivity index (χ0n) is 16.9. The lowest BCUT2D eigenvalue weighted by atomic mass is 9.92. The number of ether oxygens (including phenoxy) is 1. The SMILES string of the molecule is CCOc1ccc(NC(=O)CN2CCN(C(=O)[C@H]3CCN[C@@H](C)C3)CC2)cc1. The molecule has 0 radical (unpaired) electrons. The molecule has 154 valence electrons. The van der Waals surface area contributed by atoms with Crippen LogP contribution in [0.15, 0.2) is 24.3 Å². The van der Waals surface area contributed by atoms with Crippen LogP contribution in [0.2, 0.25) is 0 Å². The first-order valence-corrected chi connectivity index (χ1v) is 10.3. The van der Waals surface area contributed by atoms with Gasteiger partial charge < -0.3 is 20.3 Å². The van der Waals surface area contributed by atoms with Crippen LogP contribution >= 0.6 is 0 Å². The van der Waals surface area contributed by atoms with Gasteiger partial charge in [0.25, 0.3) is 0 Å². The van der Waals surface area contributed by atoms with Gasteiger partial charge in [0.2, 0.25) is 11.8 Å². The number of anilines is 1. The molecule has 2 aliphatic rings. The van der Waals surface area contributed by atoms with Crippen molar-refractivity contribution < 1.29 is 14.3 Å². The van der Waals surface area contributed by atoms with Crippen LogP contribution in [0.25, 0.3) is 0 Å². The normalized spacial score (nSPS) is 23.3. The number of rotatable bonds is 6. The van der Waals surface area contributed by atoms with Crippen LogP contribution in [-0.4, -0.2) is 73.5 Å². The molecule has 0 unspecified atom stereocenters. The second kappa shape index (κ2) is 9.89. The molecule has 7 nitrogen and oxygen atoms in total. The van der Waals surface area contributed by atoms with Crippen molar-refractivity contribution in [3.63, 3.8) is 0 Å². The lowest BCUT2D eigenvalue weighted by molar-refractivity contribution is -0.138. The van der Waals surface area contributed by atoms with Crippen molar-refractivity contribution in [3.05, 3.63) is 24.3 Å². The Morgan fingerprint density at radius 1 is 1.18 bits per heavy atom. The van der Waals surface area contributed by atoms with Crippen LogP contribution < -0.4 is 15.4 Å². The van der Waals surface area contributed by atoms with Crippen molar-refractivity contribution in [2.75, 3.05) is 51.2 Å². The molecule has 2 saturated heterocycles. The van der Waals surface area contributed by atoms with E-state index in [0.29, 0.717) is 32.3 Å². The van der Waals surface area contributed by atoms with Gasteiger partial charge in [-0.15, -0.1) is 0 Å². The first-order valence-electron chi connectivity index (χ1n) is 10.3. The molecule has 2 amide bonds. The average molecular weight is 389 g/mol. The summed E-state index contributed by atoms with van der Waals surface area (Å²) in [5.41, 5.74) is 0.766.